The number of hydrogen-bond donors (Lipinski definition) is 0. The molecule has 0 saturated heterocycles. The number of aromatic nitrogens is 5. The normalized spacial score (nSPS) is 11.2. The predicted octanol–water partition coefficient (Wildman–Crippen LogP) is 7.36. The van der Waals surface area contributed by atoms with E-state index < -0.39 is 0 Å². The van der Waals surface area contributed by atoms with Crippen molar-refractivity contribution in [3.05, 3.63) is 128 Å². The van der Waals surface area contributed by atoms with Gasteiger partial charge in [0.25, 0.3) is 0 Å². The molecule has 0 aliphatic rings. The largest absolute Gasteiger partial charge is 0.309 e. The average Bonchev–Trinajstić information content (AvgIpc) is 3.32. The van der Waals surface area contributed by atoms with Crippen LogP contribution in [0.15, 0.2) is 128 Å². The molecular formula is C32H21N5. The molecule has 0 saturated carbocycles. The van der Waals surface area contributed by atoms with Crippen LogP contribution < -0.4 is 0 Å². The van der Waals surface area contributed by atoms with Gasteiger partial charge < -0.3 is 4.57 Å². The van der Waals surface area contributed by atoms with E-state index in [9.17, 15) is 0 Å². The fraction of sp³-hybridized carbons (Fsp3) is 0. The van der Waals surface area contributed by atoms with Gasteiger partial charge in [0.2, 0.25) is 0 Å². The molecule has 0 spiro atoms. The van der Waals surface area contributed by atoms with Gasteiger partial charge in [-0.15, -0.1) is 0 Å². The first-order chi connectivity index (χ1) is 18.3. The lowest BCUT2D eigenvalue weighted by Crippen LogP contribution is -1.98. The molecule has 5 nitrogen and oxygen atoms in total. The van der Waals surface area contributed by atoms with E-state index >= 15 is 0 Å². The number of benzene rings is 3. The van der Waals surface area contributed by atoms with E-state index in [1.807, 2.05) is 42.5 Å². The Balaban J connectivity index is 1.37. The Kier molecular flexibility index (Phi) is 5.03. The van der Waals surface area contributed by atoms with Crippen molar-refractivity contribution < 1.29 is 0 Å². The molecule has 0 aliphatic heterocycles. The lowest BCUT2D eigenvalue weighted by Gasteiger charge is -2.10. The molecule has 4 heterocycles. The summed E-state index contributed by atoms with van der Waals surface area (Å²) in [7, 11) is 0. The van der Waals surface area contributed by atoms with Crippen molar-refractivity contribution in [2.75, 3.05) is 0 Å². The van der Waals surface area contributed by atoms with E-state index in [0.29, 0.717) is 5.82 Å². The summed E-state index contributed by atoms with van der Waals surface area (Å²) < 4.78 is 2.30. The van der Waals surface area contributed by atoms with Crippen molar-refractivity contribution in [1.82, 2.24) is 24.5 Å². The average molecular weight is 476 g/mol. The molecule has 5 heteroatoms. The number of para-hydroxylation sites is 2. The SMILES string of the molecule is c1ccc(-c2cc(-c3ccccn3)nc(-c3ccc(-n4c5ccccc5c5ccccc54)cc3)n2)nc1. The first-order valence-electron chi connectivity index (χ1n) is 12.2. The van der Waals surface area contributed by atoms with Gasteiger partial charge in [0.1, 0.15) is 0 Å². The number of fused-ring (bicyclic) bond motifs is 3. The second-order valence-electron chi connectivity index (χ2n) is 8.81. The van der Waals surface area contributed by atoms with Crippen molar-refractivity contribution in [1.29, 1.82) is 0 Å². The van der Waals surface area contributed by atoms with Gasteiger partial charge >= 0.3 is 0 Å². The maximum absolute atomic E-state index is 4.88. The Morgan fingerprint density at radius 3 is 1.49 bits per heavy atom. The molecule has 4 aromatic heterocycles. The highest BCUT2D eigenvalue weighted by molar-refractivity contribution is 6.09. The number of rotatable bonds is 4. The summed E-state index contributed by atoms with van der Waals surface area (Å²) in [5.74, 6) is 0.637. The van der Waals surface area contributed by atoms with E-state index in [1.54, 1.807) is 12.4 Å². The van der Waals surface area contributed by atoms with E-state index in [1.165, 1.54) is 21.8 Å². The van der Waals surface area contributed by atoms with Crippen molar-refractivity contribution in [3.63, 3.8) is 0 Å². The molecule has 7 rings (SSSR count). The Bertz CT molecular complexity index is 1750. The van der Waals surface area contributed by atoms with Gasteiger partial charge in [-0.05, 0) is 66.7 Å². The van der Waals surface area contributed by atoms with E-state index in [0.717, 1.165) is 34.0 Å². The van der Waals surface area contributed by atoms with Gasteiger partial charge in [-0.3, -0.25) is 9.97 Å². The van der Waals surface area contributed by atoms with Crippen LogP contribution in [0.3, 0.4) is 0 Å². The van der Waals surface area contributed by atoms with Gasteiger partial charge in [-0.1, -0.05) is 48.5 Å². The van der Waals surface area contributed by atoms with Gasteiger partial charge in [-0.2, -0.15) is 0 Å². The number of pyridine rings is 2. The number of nitrogens with zero attached hydrogens (tertiary/aromatic N) is 5. The summed E-state index contributed by atoms with van der Waals surface area (Å²) in [5.41, 5.74) is 7.50. The van der Waals surface area contributed by atoms with Crippen LogP contribution >= 0.6 is 0 Å². The minimum atomic E-state index is 0.637. The van der Waals surface area contributed by atoms with Crippen LogP contribution in [-0.2, 0) is 0 Å². The molecule has 174 valence electrons. The Morgan fingerprint density at radius 2 is 0.973 bits per heavy atom. The van der Waals surface area contributed by atoms with Crippen molar-refractivity contribution in [2.45, 2.75) is 0 Å². The summed E-state index contributed by atoms with van der Waals surface area (Å²) in [6.07, 6.45) is 3.55. The molecular weight excluding hydrogens is 454 g/mol. The lowest BCUT2D eigenvalue weighted by molar-refractivity contribution is 1.14. The third-order valence-electron chi connectivity index (χ3n) is 6.54. The Labute approximate surface area is 213 Å². The van der Waals surface area contributed by atoms with Crippen molar-refractivity contribution in [2.24, 2.45) is 0 Å². The van der Waals surface area contributed by atoms with E-state index in [4.69, 9.17) is 9.97 Å². The third-order valence-corrected chi connectivity index (χ3v) is 6.54. The van der Waals surface area contributed by atoms with Crippen LogP contribution in [0.2, 0.25) is 0 Å². The molecule has 0 aliphatic carbocycles. The molecule has 3 aromatic carbocycles. The van der Waals surface area contributed by atoms with Crippen LogP contribution in [0.5, 0.6) is 0 Å². The molecule has 37 heavy (non-hydrogen) atoms. The first-order valence-corrected chi connectivity index (χ1v) is 12.2. The fourth-order valence-corrected chi connectivity index (χ4v) is 4.83. The van der Waals surface area contributed by atoms with Gasteiger partial charge in [0.05, 0.1) is 33.8 Å². The quantitative estimate of drug-likeness (QED) is 0.267. The fourth-order valence-electron chi connectivity index (χ4n) is 4.83. The van der Waals surface area contributed by atoms with Gasteiger partial charge in [-0.25, -0.2) is 9.97 Å². The highest BCUT2D eigenvalue weighted by atomic mass is 15.0. The summed E-state index contributed by atoms with van der Waals surface area (Å²) in [4.78, 5) is 18.8. The second-order valence-corrected chi connectivity index (χ2v) is 8.81. The third kappa shape index (κ3) is 3.74. The van der Waals surface area contributed by atoms with Crippen molar-refractivity contribution >= 4 is 21.8 Å². The molecule has 0 unspecified atom stereocenters. The molecule has 0 N–H and O–H groups in total. The number of hydrogen-bond acceptors (Lipinski definition) is 4. The molecule has 7 aromatic rings. The topological polar surface area (TPSA) is 56.5 Å². The van der Waals surface area contributed by atoms with Crippen LogP contribution in [0.1, 0.15) is 0 Å². The molecule has 0 radical (unpaired) electrons. The summed E-state index contributed by atoms with van der Waals surface area (Å²) in [5, 5.41) is 2.49. The summed E-state index contributed by atoms with van der Waals surface area (Å²) in [6.45, 7) is 0. The summed E-state index contributed by atoms with van der Waals surface area (Å²) in [6, 6.07) is 39.1. The maximum atomic E-state index is 4.88. The van der Waals surface area contributed by atoms with Crippen LogP contribution in [0.4, 0.5) is 0 Å². The first kappa shape index (κ1) is 21.1. The van der Waals surface area contributed by atoms with E-state index in [-0.39, 0.29) is 0 Å². The monoisotopic (exact) mass is 475 g/mol. The van der Waals surface area contributed by atoms with Crippen molar-refractivity contribution in [3.8, 4) is 39.9 Å². The predicted molar refractivity (Wildman–Crippen MR) is 148 cm³/mol. The molecule has 0 bridgehead atoms. The molecule has 0 fully saturated rings. The smallest absolute Gasteiger partial charge is 0.160 e. The van der Waals surface area contributed by atoms with E-state index in [2.05, 4.69) is 87.3 Å². The van der Waals surface area contributed by atoms with Crippen LogP contribution in [0, 0.1) is 0 Å². The maximum Gasteiger partial charge on any atom is 0.160 e. The highest BCUT2D eigenvalue weighted by Crippen LogP contribution is 2.32. The molecule has 0 atom stereocenters. The standard InChI is InChI=1S/C32H21N5/c1-3-13-30-24(9-1)25-10-2-4-14-31(25)37(30)23-17-15-22(16-18-23)32-35-28(26-11-5-7-19-33-26)21-29(36-32)27-12-6-8-20-34-27/h1-21H. The zero-order chi connectivity index (χ0) is 24.6. The Hall–Kier alpha value is -5.16. The van der Waals surface area contributed by atoms with Gasteiger partial charge in [0.15, 0.2) is 5.82 Å². The lowest BCUT2D eigenvalue weighted by atomic mass is 10.1. The second kappa shape index (κ2) is 8.81. The van der Waals surface area contributed by atoms with Crippen LogP contribution in [0.25, 0.3) is 61.7 Å². The highest BCUT2D eigenvalue weighted by Gasteiger charge is 2.14. The molecule has 0 amide bonds. The van der Waals surface area contributed by atoms with Crippen LogP contribution in [-0.4, -0.2) is 24.5 Å². The minimum Gasteiger partial charge on any atom is -0.309 e. The van der Waals surface area contributed by atoms with Gasteiger partial charge in [0, 0.05) is 34.4 Å². The zero-order valence-electron chi connectivity index (χ0n) is 19.9. The Morgan fingerprint density at radius 1 is 0.459 bits per heavy atom. The minimum absolute atomic E-state index is 0.637. The zero-order valence-corrected chi connectivity index (χ0v) is 19.9. The summed E-state index contributed by atoms with van der Waals surface area (Å²) >= 11 is 0.